The van der Waals surface area contributed by atoms with Gasteiger partial charge < -0.3 is 4.74 Å². The highest BCUT2D eigenvalue weighted by Crippen LogP contribution is 2.14. The summed E-state index contributed by atoms with van der Waals surface area (Å²) in [6, 6.07) is 3.84. The summed E-state index contributed by atoms with van der Waals surface area (Å²) in [5.74, 6) is -2.13. The molecule has 0 aliphatic rings. The van der Waals surface area contributed by atoms with Gasteiger partial charge >= 0.3 is 0 Å². The molecule has 0 radical (unpaired) electrons. The summed E-state index contributed by atoms with van der Waals surface area (Å²) in [4.78, 5) is 0. The third-order valence-electron chi connectivity index (χ3n) is 1.52. The number of rotatable bonds is 2. The molecule has 0 aliphatic heterocycles. The van der Waals surface area contributed by atoms with Gasteiger partial charge in [-0.25, -0.2) is 8.78 Å². The van der Waals surface area contributed by atoms with E-state index in [1.165, 1.54) is 13.2 Å². The van der Waals surface area contributed by atoms with Crippen LogP contribution >= 0.6 is 0 Å². The maximum atomic E-state index is 12.8. The van der Waals surface area contributed by atoms with Gasteiger partial charge in [-0.3, -0.25) is 0 Å². The first-order chi connectivity index (χ1) is 6.19. The molecule has 0 aliphatic carbocycles. The summed E-state index contributed by atoms with van der Waals surface area (Å²) in [6.07, 6.45) is 0. The topological polar surface area (TPSA) is 33.0 Å². The van der Waals surface area contributed by atoms with E-state index in [1.54, 1.807) is 6.07 Å². The Morgan fingerprint density at radius 2 is 2.15 bits per heavy atom. The molecule has 13 heavy (non-hydrogen) atoms. The highest BCUT2D eigenvalue weighted by Gasteiger charge is 2.09. The second-order valence-electron chi connectivity index (χ2n) is 2.48. The van der Waals surface area contributed by atoms with Crippen molar-refractivity contribution in [2.24, 2.45) is 0 Å². The second-order valence-corrected chi connectivity index (χ2v) is 2.48. The Balaban J connectivity index is 3.16. The monoisotopic (exact) mass is 183 g/mol. The van der Waals surface area contributed by atoms with Gasteiger partial charge in [0.1, 0.15) is 6.07 Å². The summed E-state index contributed by atoms with van der Waals surface area (Å²) < 4.78 is 30.3. The zero-order valence-electron chi connectivity index (χ0n) is 6.97. The largest absolute Gasteiger partial charge is 0.380 e. The number of hydrogen-bond donors (Lipinski definition) is 0. The SMILES string of the molecule is COCc1cc(F)c(F)c(C#N)c1. The third kappa shape index (κ3) is 2.01. The number of methoxy groups -OCH3 is 1. The molecule has 0 fully saturated rings. The Morgan fingerprint density at radius 1 is 1.46 bits per heavy atom. The first-order valence-corrected chi connectivity index (χ1v) is 3.56. The summed E-state index contributed by atoms with van der Waals surface area (Å²) >= 11 is 0. The predicted molar refractivity (Wildman–Crippen MR) is 41.8 cm³/mol. The molecule has 0 spiro atoms. The van der Waals surface area contributed by atoms with Crippen LogP contribution in [-0.4, -0.2) is 7.11 Å². The van der Waals surface area contributed by atoms with Gasteiger partial charge in [0.15, 0.2) is 11.6 Å². The molecule has 0 unspecified atom stereocenters. The van der Waals surface area contributed by atoms with E-state index in [4.69, 9.17) is 10.00 Å². The van der Waals surface area contributed by atoms with Gasteiger partial charge in [-0.2, -0.15) is 5.26 Å². The summed E-state index contributed by atoms with van der Waals surface area (Å²) in [5, 5.41) is 8.44. The van der Waals surface area contributed by atoms with E-state index in [2.05, 4.69) is 0 Å². The van der Waals surface area contributed by atoms with Crippen molar-refractivity contribution in [2.45, 2.75) is 6.61 Å². The molecule has 0 saturated carbocycles. The Kier molecular flexibility index (Phi) is 2.93. The van der Waals surface area contributed by atoms with E-state index in [0.717, 1.165) is 6.07 Å². The van der Waals surface area contributed by atoms with Gasteiger partial charge in [0.25, 0.3) is 0 Å². The van der Waals surface area contributed by atoms with Gasteiger partial charge in [0, 0.05) is 7.11 Å². The standard InChI is InChI=1S/C9H7F2NO/c1-13-5-6-2-7(4-12)9(11)8(10)3-6/h2-3H,5H2,1H3. The molecule has 4 heteroatoms. The molecule has 0 amide bonds. The Morgan fingerprint density at radius 3 is 2.69 bits per heavy atom. The number of hydrogen-bond acceptors (Lipinski definition) is 2. The molecule has 2 nitrogen and oxygen atoms in total. The fraction of sp³-hybridized carbons (Fsp3) is 0.222. The third-order valence-corrected chi connectivity index (χ3v) is 1.52. The average Bonchev–Trinajstić information content (AvgIpc) is 2.11. The van der Waals surface area contributed by atoms with Gasteiger partial charge in [0.05, 0.1) is 12.2 Å². The van der Waals surface area contributed by atoms with Crippen molar-refractivity contribution in [3.05, 3.63) is 34.9 Å². The molecule has 0 heterocycles. The van der Waals surface area contributed by atoms with Crippen molar-refractivity contribution in [3.8, 4) is 6.07 Å². The number of nitrogens with zero attached hydrogens (tertiary/aromatic N) is 1. The number of benzene rings is 1. The van der Waals surface area contributed by atoms with E-state index < -0.39 is 11.6 Å². The molecule has 0 aromatic heterocycles. The zero-order chi connectivity index (χ0) is 9.84. The lowest BCUT2D eigenvalue weighted by atomic mass is 10.1. The van der Waals surface area contributed by atoms with Crippen molar-refractivity contribution >= 4 is 0 Å². The molecule has 1 aromatic carbocycles. The lowest BCUT2D eigenvalue weighted by Gasteiger charge is -2.01. The molecule has 0 saturated heterocycles. The van der Waals surface area contributed by atoms with E-state index in [1.807, 2.05) is 0 Å². The number of nitriles is 1. The summed E-state index contributed by atoms with van der Waals surface area (Å²) in [7, 11) is 1.44. The number of ether oxygens (including phenoxy) is 1. The van der Waals surface area contributed by atoms with Crippen molar-refractivity contribution in [1.29, 1.82) is 5.26 Å². The van der Waals surface area contributed by atoms with Crippen LogP contribution in [0.2, 0.25) is 0 Å². The average molecular weight is 183 g/mol. The molecule has 1 aromatic rings. The normalized spacial score (nSPS) is 9.69. The first kappa shape index (κ1) is 9.62. The Labute approximate surface area is 74.4 Å². The fourth-order valence-corrected chi connectivity index (χ4v) is 0.977. The van der Waals surface area contributed by atoms with Crippen LogP contribution < -0.4 is 0 Å². The first-order valence-electron chi connectivity index (χ1n) is 3.56. The van der Waals surface area contributed by atoms with Gasteiger partial charge in [0.2, 0.25) is 0 Å². The summed E-state index contributed by atoms with van der Waals surface area (Å²) in [6.45, 7) is 0.159. The minimum atomic E-state index is -1.11. The van der Waals surface area contributed by atoms with Gasteiger partial charge in [-0.1, -0.05) is 0 Å². The second kappa shape index (κ2) is 3.97. The molecular formula is C9H7F2NO. The van der Waals surface area contributed by atoms with Crippen molar-refractivity contribution in [2.75, 3.05) is 7.11 Å². The molecule has 0 bridgehead atoms. The van der Waals surface area contributed by atoms with Crippen LogP contribution in [0.15, 0.2) is 12.1 Å². The van der Waals surface area contributed by atoms with Crippen LogP contribution in [0.4, 0.5) is 8.78 Å². The highest BCUT2D eigenvalue weighted by molar-refractivity contribution is 5.35. The maximum Gasteiger partial charge on any atom is 0.176 e. The van der Waals surface area contributed by atoms with Crippen LogP contribution in [0.1, 0.15) is 11.1 Å². The van der Waals surface area contributed by atoms with Crippen LogP contribution in [0.25, 0.3) is 0 Å². The minimum Gasteiger partial charge on any atom is -0.380 e. The Bertz CT molecular complexity index is 357. The molecular weight excluding hydrogens is 176 g/mol. The molecule has 1 rings (SSSR count). The number of halogens is 2. The highest BCUT2D eigenvalue weighted by atomic mass is 19.2. The van der Waals surface area contributed by atoms with Crippen molar-refractivity contribution < 1.29 is 13.5 Å². The van der Waals surface area contributed by atoms with Gasteiger partial charge in [-0.05, 0) is 17.7 Å². The smallest absolute Gasteiger partial charge is 0.176 e. The zero-order valence-corrected chi connectivity index (χ0v) is 6.97. The van der Waals surface area contributed by atoms with Crippen molar-refractivity contribution in [1.82, 2.24) is 0 Å². The lowest BCUT2D eigenvalue weighted by Crippen LogP contribution is -1.95. The van der Waals surface area contributed by atoms with Crippen LogP contribution in [0.5, 0.6) is 0 Å². The molecule has 68 valence electrons. The van der Waals surface area contributed by atoms with Crippen LogP contribution in [-0.2, 0) is 11.3 Å². The minimum absolute atomic E-state index is 0.159. The van der Waals surface area contributed by atoms with E-state index in [9.17, 15) is 8.78 Å². The quantitative estimate of drug-likeness (QED) is 0.702. The van der Waals surface area contributed by atoms with E-state index in [0.29, 0.717) is 5.56 Å². The van der Waals surface area contributed by atoms with Crippen LogP contribution in [0.3, 0.4) is 0 Å². The Hall–Kier alpha value is -1.47. The van der Waals surface area contributed by atoms with E-state index in [-0.39, 0.29) is 12.2 Å². The predicted octanol–water partition coefficient (Wildman–Crippen LogP) is 1.98. The molecule has 0 atom stereocenters. The lowest BCUT2D eigenvalue weighted by molar-refractivity contribution is 0.184. The van der Waals surface area contributed by atoms with E-state index >= 15 is 0 Å². The van der Waals surface area contributed by atoms with Gasteiger partial charge in [-0.15, -0.1) is 0 Å². The molecule has 0 N–H and O–H groups in total. The summed E-state index contributed by atoms with van der Waals surface area (Å²) in [5.41, 5.74) is 0.144. The van der Waals surface area contributed by atoms with Crippen LogP contribution in [0, 0.1) is 23.0 Å². The fourth-order valence-electron chi connectivity index (χ4n) is 0.977. The van der Waals surface area contributed by atoms with Crippen molar-refractivity contribution in [3.63, 3.8) is 0 Å². The maximum absolute atomic E-state index is 12.8.